The van der Waals surface area contributed by atoms with Gasteiger partial charge in [0.2, 0.25) is 0 Å². The fraction of sp³-hybridized carbons (Fsp3) is 0.300. The van der Waals surface area contributed by atoms with Crippen LogP contribution < -0.4 is 5.01 Å². The number of carbonyl (C=O) groups excluding carboxylic acids is 1. The van der Waals surface area contributed by atoms with E-state index in [1.807, 2.05) is 60.5 Å². The second-order valence-corrected chi connectivity index (χ2v) is 5.97. The Hall–Kier alpha value is -2.66. The number of nitrogens with zero attached hydrogens (tertiary/aromatic N) is 3. The Labute approximate surface area is 148 Å². The van der Waals surface area contributed by atoms with Crippen molar-refractivity contribution < 1.29 is 9.90 Å². The molecule has 5 heteroatoms. The maximum absolute atomic E-state index is 12.8. The zero-order chi connectivity index (χ0) is 17.6. The number of hydrogen-bond acceptors (Lipinski definition) is 4. The summed E-state index contributed by atoms with van der Waals surface area (Å²) in [6.45, 7) is 2.75. The molecule has 0 aromatic heterocycles. The average Bonchev–Trinajstić information content (AvgIpc) is 3.12. The van der Waals surface area contributed by atoms with Gasteiger partial charge in [0.1, 0.15) is 5.71 Å². The van der Waals surface area contributed by atoms with Crippen LogP contribution in [0, 0.1) is 0 Å². The molecule has 1 aliphatic rings. The fourth-order valence-corrected chi connectivity index (χ4v) is 3.10. The van der Waals surface area contributed by atoms with Gasteiger partial charge in [0.05, 0.1) is 18.3 Å². The topological polar surface area (TPSA) is 56.1 Å². The predicted octanol–water partition coefficient (Wildman–Crippen LogP) is 2.83. The van der Waals surface area contributed by atoms with Gasteiger partial charge in [-0.05, 0) is 24.6 Å². The fourth-order valence-electron chi connectivity index (χ4n) is 3.10. The summed E-state index contributed by atoms with van der Waals surface area (Å²) in [6.07, 6.45) is 0.555. The molecule has 130 valence electrons. The monoisotopic (exact) mass is 337 g/mol. The molecule has 1 N–H and O–H groups in total. The van der Waals surface area contributed by atoms with Gasteiger partial charge in [0.25, 0.3) is 5.91 Å². The summed E-state index contributed by atoms with van der Waals surface area (Å²) in [4.78, 5) is 14.4. The zero-order valence-corrected chi connectivity index (χ0v) is 14.4. The van der Waals surface area contributed by atoms with Crippen LogP contribution in [0.25, 0.3) is 0 Å². The van der Waals surface area contributed by atoms with Gasteiger partial charge in [-0.15, -0.1) is 0 Å². The van der Waals surface area contributed by atoms with Gasteiger partial charge in [-0.25, -0.2) is 0 Å². The third kappa shape index (κ3) is 3.72. The first-order valence-corrected chi connectivity index (χ1v) is 8.61. The van der Waals surface area contributed by atoms with E-state index < -0.39 is 0 Å². The van der Waals surface area contributed by atoms with E-state index >= 15 is 0 Å². The summed E-state index contributed by atoms with van der Waals surface area (Å²) >= 11 is 0. The molecule has 2 aromatic carbocycles. The van der Waals surface area contributed by atoms with Gasteiger partial charge < -0.3 is 10.0 Å². The molecule has 0 fully saturated rings. The largest absolute Gasteiger partial charge is 0.395 e. The van der Waals surface area contributed by atoms with Crippen LogP contribution in [0.1, 0.15) is 24.9 Å². The van der Waals surface area contributed by atoms with Gasteiger partial charge >= 0.3 is 0 Å². The number of hydrogen-bond donors (Lipinski definition) is 1. The molecule has 0 saturated heterocycles. The molecule has 0 spiro atoms. The normalized spacial score (nSPS) is 16.6. The van der Waals surface area contributed by atoms with Crippen LogP contribution in [0.4, 0.5) is 5.69 Å². The van der Waals surface area contributed by atoms with Crippen molar-refractivity contribution in [2.45, 2.75) is 19.4 Å². The van der Waals surface area contributed by atoms with Crippen LogP contribution in [0.5, 0.6) is 0 Å². The van der Waals surface area contributed by atoms with Crippen molar-refractivity contribution in [3.63, 3.8) is 0 Å². The van der Waals surface area contributed by atoms with E-state index in [9.17, 15) is 9.90 Å². The second kappa shape index (κ2) is 7.94. The van der Waals surface area contributed by atoms with E-state index in [1.54, 1.807) is 4.90 Å². The molecule has 3 rings (SSSR count). The highest BCUT2D eigenvalue weighted by atomic mass is 16.3. The molecule has 0 aliphatic carbocycles. The Balaban J connectivity index is 1.92. The molecular formula is C20H23N3O2. The van der Waals surface area contributed by atoms with Gasteiger partial charge in [-0.2, -0.15) is 5.10 Å². The Morgan fingerprint density at radius 2 is 1.80 bits per heavy atom. The predicted molar refractivity (Wildman–Crippen MR) is 99.5 cm³/mol. The summed E-state index contributed by atoms with van der Waals surface area (Å²) in [7, 11) is 0. The van der Waals surface area contributed by atoms with Gasteiger partial charge in [-0.1, -0.05) is 48.5 Å². The highest BCUT2D eigenvalue weighted by Gasteiger charge is 2.33. The number of para-hydroxylation sites is 1. The summed E-state index contributed by atoms with van der Waals surface area (Å²) in [5.41, 5.74) is 2.63. The van der Waals surface area contributed by atoms with Crippen molar-refractivity contribution in [1.29, 1.82) is 0 Å². The Bertz CT molecular complexity index is 731. The lowest BCUT2D eigenvalue weighted by molar-refractivity contribution is -0.124. The molecule has 1 heterocycles. The van der Waals surface area contributed by atoms with Crippen LogP contribution in [-0.2, 0) is 4.79 Å². The van der Waals surface area contributed by atoms with E-state index in [2.05, 4.69) is 17.2 Å². The molecule has 0 saturated carbocycles. The SMILES string of the molecule is CCN(CCO)C(=O)C1=NN(c2ccccc2)[C@@H](c2ccccc2)C1. The van der Waals surface area contributed by atoms with Gasteiger partial charge in [0, 0.05) is 19.5 Å². The molecule has 2 aromatic rings. The minimum Gasteiger partial charge on any atom is -0.395 e. The van der Waals surface area contributed by atoms with Crippen molar-refractivity contribution in [2.24, 2.45) is 5.10 Å². The Morgan fingerprint density at radius 1 is 1.16 bits per heavy atom. The maximum Gasteiger partial charge on any atom is 0.270 e. The minimum atomic E-state index is -0.101. The number of hydrazone groups is 1. The number of aliphatic hydroxyl groups is 1. The molecular weight excluding hydrogens is 314 g/mol. The lowest BCUT2D eigenvalue weighted by Crippen LogP contribution is -2.37. The maximum atomic E-state index is 12.8. The summed E-state index contributed by atoms with van der Waals surface area (Å²) in [5, 5.41) is 15.7. The van der Waals surface area contributed by atoms with Crippen LogP contribution in [-0.4, -0.2) is 41.3 Å². The van der Waals surface area contributed by atoms with Crippen LogP contribution >= 0.6 is 0 Å². The third-order valence-electron chi connectivity index (χ3n) is 4.40. The van der Waals surface area contributed by atoms with Crippen LogP contribution in [0.2, 0.25) is 0 Å². The zero-order valence-electron chi connectivity index (χ0n) is 14.4. The highest BCUT2D eigenvalue weighted by molar-refractivity contribution is 6.39. The lowest BCUT2D eigenvalue weighted by Gasteiger charge is -2.23. The third-order valence-corrected chi connectivity index (χ3v) is 4.40. The van der Waals surface area contributed by atoms with E-state index in [4.69, 9.17) is 0 Å². The Morgan fingerprint density at radius 3 is 2.40 bits per heavy atom. The summed E-state index contributed by atoms with van der Waals surface area (Å²) in [6, 6.07) is 20.0. The first-order chi connectivity index (χ1) is 12.2. The number of aliphatic hydroxyl groups excluding tert-OH is 1. The van der Waals surface area contributed by atoms with E-state index in [1.165, 1.54) is 0 Å². The second-order valence-electron chi connectivity index (χ2n) is 5.97. The quantitative estimate of drug-likeness (QED) is 0.882. The number of likely N-dealkylation sites (N-methyl/N-ethyl adjacent to an activating group) is 1. The summed E-state index contributed by atoms with van der Waals surface area (Å²) < 4.78 is 0. The van der Waals surface area contributed by atoms with Gasteiger partial charge in [-0.3, -0.25) is 9.80 Å². The van der Waals surface area contributed by atoms with Gasteiger partial charge in [0.15, 0.2) is 0 Å². The summed E-state index contributed by atoms with van der Waals surface area (Å²) in [5.74, 6) is -0.101. The van der Waals surface area contributed by atoms with Crippen molar-refractivity contribution >= 4 is 17.3 Å². The molecule has 25 heavy (non-hydrogen) atoms. The van der Waals surface area contributed by atoms with E-state index in [-0.39, 0.29) is 18.6 Å². The van der Waals surface area contributed by atoms with Crippen LogP contribution in [0.15, 0.2) is 65.8 Å². The number of rotatable bonds is 6. The molecule has 5 nitrogen and oxygen atoms in total. The first-order valence-electron chi connectivity index (χ1n) is 8.61. The average molecular weight is 337 g/mol. The van der Waals surface area contributed by atoms with Crippen LogP contribution in [0.3, 0.4) is 0 Å². The van der Waals surface area contributed by atoms with Crippen molar-refractivity contribution in [1.82, 2.24) is 4.90 Å². The van der Waals surface area contributed by atoms with Crippen molar-refractivity contribution in [3.05, 3.63) is 66.2 Å². The lowest BCUT2D eigenvalue weighted by atomic mass is 10.0. The molecule has 0 bridgehead atoms. The smallest absolute Gasteiger partial charge is 0.270 e. The Kier molecular flexibility index (Phi) is 5.46. The molecule has 0 unspecified atom stereocenters. The molecule has 0 radical (unpaired) electrons. The number of amides is 1. The first kappa shape index (κ1) is 17.2. The molecule has 1 aliphatic heterocycles. The van der Waals surface area contributed by atoms with E-state index in [0.29, 0.717) is 25.2 Å². The minimum absolute atomic E-state index is 0.00428. The highest BCUT2D eigenvalue weighted by Crippen LogP contribution is 2.35. The molecule has 1 atom stereocenters. The number of benzene rings is 2. The van der Waals surface area contributed by atoms with E-state index in [0.717, 1.165) is 11.3 Å². The van der Waals surface area contributed by atoms with Crippen molar-refractivity contribution in [3.8, 4) is 0 Å². The standard InChI is InChI=1S/C20H23N3O2/c1-2-22(13-14-24)20(25)18-15-19(16-9-5-3-6-10-16)23(21-18)17-11-7-4-8-12-17/h3-12,19,24H,2,13-15H2,1H3/t19-/m1/s1. The number of carbonyl (C=O) groups is 1. The molecule has 1 amide bonds. The van der Waals surface area contributed by atoms with Crippen molar-refractivity contribution in [2.75, 3.05) is 24.7 Å². The number of anilines is 1.